The SMILES string of the molecule is Cc1ccccc1CN(C)C(=O)CN1CCN(CCN2CCCOCC2)CC1. The van der Waals surface area contributed by atoms with E-state index in [0.717, 1.165) is 72.0 Å². The summed E-state index contributed by atoms with van der Waals surface area (Å²) in [4.78, 5) is 21.8. The average molecular weight is 389 g/mol. The summed E-state index contributed by atoms with van der Waals surface area (Å²) in [6, 6.07) is 8.29. The van der Waals surface area contributed by atoms with Crippen molar-refractivity contribution in [2.24, 2.45) is 0 Å². The summed E-state index contributed by atoms with van der Waals surface area (Å²) in [6.07, 6.45) is 1.14. The van der Waals surface area contributed by atoms with Crippen molar-refractivity contribution in [3.8, 4) is 0 Å². The van der Waals surface area contributed by atoms with Crippen molar-refractivity contribution >= 4 is 5.91 Å². The molecule has 0 aliphatic carbocycles. The minimum atomic E-state index is 0.210. The summed E-state index contributed by atoms with van der Waals surface area (Å²) in [6.45, 7) is 13.6. The summed E-state index contributed by atoms with van der Waals surface area (Å²) < 4.78 is 5.53. The van der Waals surface area contributed by atoms with Crippen molar-refractivity contribution in [2.75, 3.05) is 79.2 Å². The van der Waals surface area contributed by atoms with Gasteiger partial charge in [0.2, 0.25) is 5.91 Å². The summed E-state index contributed by atoms with van der Waals surface area (Å²) in [5.74, 6) is 0.210. The van der Waals surface area contributed by atoms with Gasteiger partial charge in [0.05, 0.1) is 13.2 Å². The van der Waals surface area contributed by atoms with Gasteiger partial charge in [0, 0.05) is 72.6 Å². The molecular formula is C22H36N4O2. The van der Waals surface area contributed by atoms with Crippen LogP contribution in [-0.2, 0) is 16.1 Å². The van der Waals surface area contributed by atoms with Crippen LogP contribution in [0.3, 0.4) is 0 Å². The number of nitrogens with zero attached hydrogens (tertiary/aromatic N) is 4. The lowest BCUT2D eigenvalue weighted by atomic mass is 10.1. The number of carbonyl (C=O) groups is 1. The van der Waals surface area contributed by atoms with Gasteiger partial charge >= 0.3 is 0 Å². The molecule has 0 unspecified atom stereocenters. The van der Waals surface area contributed by atoms with Gasteiger partial charge in [-0.05, 0) is 24.5 Å². The standard InChI is InChI=1S/C22H36N4O2/c1-20-6-3-4-7-21(20)18-23(2)22(27)19-26-13-11-25(12-14-26)10-9-24-8-5-16-28-17-15-24/h3-4,6-7H,5,8-19H2,1-2H3. The van der Waals surface area contributed by atoms with Gasteiger partial charge in [0.15, 0.2) is 0 Å². The second-order valence-corrected chi connectivity index (χ2v) is 8.10. The monoisotopic (exact) mass is 388 g/mol. The van der Waals surface area contributed by atoms with E-state index in [9.17, 15) is 4.79 Å². The van der Waals surface area contributed by atoms with Crippen LogP contribution in [0.2, 0.25) is 0 Å². The van der Waals surface area contributed by atoms with Gasteiger partial charge in [-0.2, -0.15) is 0 Å². The molecule has 0 saturated carbocycles. The third-order valence-electron chi connectivity index (χ3n) is 5.97. The Kier molecular flexibility index (Phi) is 8.27. The van der Waals surface area contributed by atoms with E-state index in [-0.39, 0.29) is 5.91 Å². The van der Waals surface area contributed by atoms with Gasteiger partial charge in [-0.1, -0.05) is 24.3 Å². The molecule has 3 rings (SSSR count). The zero-order valence-electron chi connectivity index (χ0n) is 17.6. The zero-order chi connectivity index (χ0) is 19.8. The van der Waals surface area contributed by atoms with Crippen LogP contribution < -0.4 is 0 Å². The number of hydrogen-bond donors (Lipinski definition) is 0. The molecule has 2 aliphatic heterocycles. The van der Waals surface area contributed by atoms with Crippen LogP contribution in [0, 0.1) is 6.92 Å². The Bertz CT molecular complexity index is 608. The van der Waals surface area contributed by atoms with E-state index < -0.39 is 0 Å². The Labute approximate surface area is 170 Å². The van der Waals surface area contributed by atoms with E-state index in [4.69, 9.17) is 4.74 Å². The maximum Gasteiger partial charge on any atom is 0.236 e. The molecule has 2 saturated heterocycles. The maximum absolute atomic E-state index is 12.6. The van der Waals surface area contributed by atoms with E-state index in [1.165, 1.54) is 11.1 Å². The van der Waals surface area contributed by atoms with E-state index in [0.29, 0.717) is 13.1 Å². The second kappa shape index (κ2) is 10.9. The smallest absolute Gasteiger partial charge is 0.236 e. The topological polar surface area (TPSA) is 39.3 Å². The number of benzene rings is 1. The van der Waals surface area contributed by atoms with Crippen LogP contribution in [0.15, 0.2) is 24.3 Å². The Morgan fingerprint density at radius 2 is 1.64 bits per heavy atom. The lowest BCUT2D eigenvalue weighted by Crippen LogP contribution is -2.51. The van der Waals surface area contributed by atoms with Crippen LogP contribution in [0.1, 0.15) is 17.5 Å². The molecule has 2 heterocycles. The molecule has 0 bridgehead atoms. The largest absolute Gasteiger partial charge is 0.380 e. The van der Waals surface area contributed by atoms with Crippen molar-refractivity contribution < 1.29 is 9.53 Å². The molecule has 0 aromatic heterocycles. The van der Waals surface area contributed by atoms with Crippen molar-refractivity contribution in [3.63, 3.8) is 0 Å². The fourth-order valence-electron chi connectivity index (χ4n) is 3.92. The number of carbonyl (C=O) groups excluding carboxylic acids is 1. The Balaban J connectivity index is 1.35. The number of piperazine rings is 1. The first kappa shape index (κ1) is 21.2. The predicted octanol–water partition coefficient (Wildman–Crippen LogP) is 1.29. The van der Waals surface area contributed by atoms with Crippen molar-refractivity contribution in [2.45, 2.75) is 19.9 Å². The lowest BCUT2D eigenvalue weighted by Gasteiger charge is -2.36. The van der Waals surface area contributed by atoms with E-state index >= 15 is 0 Å². The van der Waals surface area contributed by atoms with E-state index in [1.54, 1.807) is 0 Å². The quantitative estimate of drug-likeness (QED) is 0.704. The molecule has 1 amide bonds. The molecule has 1 aromatic carbocycles. The van der Waals surface area contributed by atoms with Gasteiger partial charge < -0.3 is 9.64 Å². The first-order valence-corrected chi connectivity index (χ1v) is 10.6. The minimum Gasteiger partial charge on any atom is -0.380 e. The first-order chi connectivity index (χ1) is 13.6. The van der Waals surface area contributed by atoms with Crippen molar-refractivity contribution in [3.05, 3.63) is 35.4 Å². The van der Waals surface area contributed by atoms with Crippen LogP contribution >= 0.6 is 0 Å². The van der Waals surface area contributed by atoms with Crippen LogP contribution in [-0.4, -0.2) is 105 Å². The molecular weight excluding hydrogens is 352 g/mol. The fraction of sp³-hybridized carbons (Fsp3) is 0.682. The highest BCUT2D eigenvalue weighted by molar-refractivity contribution is 5.78. The molecule has 0 radical (unpaired) electrons. The summed E-state index contributed by atoms with van der Waals surface area (Å²) >= 11 is 0. The van der Waals surface area contributed by atoms with Crippen LogP contribution in [0.4, 0.5) is 0 Å². The number of aryl methyl sites for hydroxylation is 1. The average Bonchev–Trinajstić information content (AvgIpc) is 2.98. The lowest BCUT2D eigenvalue weighted by molar-refractivity contribution is -0.132. The molecule has 2 fully saturated rings. The fourth-order valence-corrected chi connectivity index (χ4v) is 3.92. The predicted molar refractivity (Wildman–Crippen MR) is 112 cm³/mol. The molecule has 0 spiro atoms. The maximum atomic E-state index is 12.6. The summed E-state index contributed by atoms with van der Waals surface area (Å²) in [7, 11) is 1.91. The van der Waals surface area contributed by atoms with Gasteiger partial charge in [0.25, 0.3) is 0 Å². The molecule has 6 nitrogen and oxygen atoms in total. The van der Waals surface area contributed by atoms with Crippen LogP contribution in [0.25, 0.3) is 0 Å². The van der Waals surface area contributed by atoms with Crippen molar-refractivity contribution in [1.82, 2.24) is 19.6 Å². The van der Waals surface area contributed by atoms with Gasteiger partial charge in [-0.25, -0.2) is 0 Å². The highest BCUT2D eigenvalue weighted by atomic mass is 16.5. The van der Waals surface area contributed by atoms with Crippen LogP contribution in [0.5, 0.6) is 0 Å². The Morgan fingerprint density at radius 1 is 0.964 bits per heavy atom. The molecule has 1 aromatic rings. The van der Waals surface area contributed by atoms with Gasteiger partial charge in [-0.15, -0.1) is 0 Å². The highest BCUT2D eigenvalue weighted by Gasteiger charge is 2.21. The number of likely N-dealkylation sites (N-methyl/N-ethyl adjacent to an activating group) is 1. The van der Waals surface area contributed by atoms with Gasteiger partial charge in [0.1, 0.15) is 0 Å². The number of hydrogen-bond acceptors (Lipinski definition) is 5. The molecule has 0 atom stereocenters. The third-order valence-corrected chi connectivity index (χ3v) is 5.97. The zero-order valence-corrected chi connectivity index (χ0v) is 17.6. The Hall–Kier alpha value is -1.47. The molecule has 156 valence electrons. The van der Waals surface area contributed by atoms with Crippen molar-refractivity contribution in [1.29, 1.82) is 0 Å². The minimum absolute atomic E-state index is 0.210. The number of rotatable bonds is 7. The number of ether oxygens (including phenoxy) is 1. The summed E-state index contributed by atoms with van der Waals surface area (Å²) in [5, 5.41) is 0. The second-order valence-electron chi connectivity index (χ2n) is 8.10. The summed E-state index contributed by atoms with van der Waals surface area (Å²) in [5.41, 5.74) is 2.47. The first-order valence-electron chi connectivity index (χ1n) is 10.6. The molecule has 28 heavy (non-hydrogen) atoms. The normalized spacial score (nSPS) is 20.1. The third kappa shape index (κ3) is 6.55. The number of amides is 1. The molecule has 2 aliphatic rings. The van der Waals surface area contributed by atoms with E-state index in [2.05, 4.69) is 33.8 Å². The van der Waals surface area contributed by atoms with E-state index in [1.807, 2.05) is 24.1 Å². The molecule has 6 heteroatoms. The molecule has 0 N–H and O–H groups in total. The highest BCUT2D eigenvalue weighted by Crippen LogP contribution is 2.10. The van der Waals surface area contributed by atoms with Gasteiger partial charge in [-0.3, -0.25) is 19.5 Å². The Morgan fingerprint density at radius 3 is 2.39 bits per heavy atom.